The van der Waals surface area contributed by atoms with Crippen LogP contribution in [0, 0.1) is 11.3 Å². The molecule has 0 aliphatic carbocycles. The molecule has 0 N–H and O–H groups in total. The molecule has 0 radical (unpaired) electrons. The standard InChI is InChI=1S/C14H19BrCl2O/c1-10(2)14(8-16,9-17)7-11-6-12(15)4-5-13(11)18-3/h4-6,10H,7-9H2,1-3H3. The Labute approximate surface area is 128 Å². The van der Waals surface area contributed by atoms with Crippen LogP contribution in [0.4, 0.5) is 0 Å². The molecular weight excluding hydrogens is 335 g/mol. The molecule has 1 nitrogen and oxygen atoms in total. The summed E-state index contributed by atoms with van der Waals surface area (Å²) in [5, 5.41) is 0. The van der Waals surface area contributed by atoms with Gasteiger partial charge in [0.05, 0.1) is 7.11 Å². The topological polar surface area (TPSA) is 9.23 Å². The molecule has 0 saturated carbocycles. The van der Waals surface area contributed by atoms with Gasteiger partial charge in [-0.15, -0.1) is 23.2 Å². The van der Waals surface area contributed by atoms with Crippen LogP contribution in [0.1, 0.15) is 19.4 Å². The highest BCUT2D eigenvalue weighted by Crippen LogP contribution is 2.37. The van der Waals surface area contributed by atoms with E-state index in [4.69, 9.17) is 27.9 Å². The lowest BCUT2D eigenvalue weighted by atomic mass is 9.75. The Morgan fingerprint density at radius 1 is 1.28 bits per heavy atom. The summed E-state index contributed by atoms with van der Waals surface area (Å²) in [6.45, 7) is 4.32. The Morgan fingerprint density at radius 3 is 2.33 bits per heavy atom. The van der Waals surface area contributed by atoms with E-state index in [1.807, 2.05) is 12.1 Å². The van der Waals surface area contributed by atoms with E-state index in [0.29, 0.717) is 17.7 Å². The van der Waals surface area contributed by atoms with Gasteiger partial charge in [-0.3, -0.25) is 0 Å². The van der Waals surface area contributed by atoms with Crippen LogP contribution in [-0.4, -0.2) is 18.9 Å². The summed E-state index contributed by atoms with van der Waals surface area (Å²) in [7, 11) is 1.69. The molecule has 102 valence electrons. The molecule has 0 atom stereocenters. The summed E-state index contributed by atoms with van der Waals surface area (Å²) in [6, 6.07) is 6.02. The highest BCUT2D eigenvalue weighted by atomic mass is 79.9. The van der Waals surface area contributed by atoms with E-state index in [1.54, 1.807) is 7.11 Å². The monoisotopic (exact) mass is 352 g/mol. The maximum atomic E-state index is 6.17. The summed E-state index contributed by atoms with van der Waals surface area (Å²) in [6.07, 6.45) is 0.820. The van der Waals surface area contributed by atoms with Crippen LogP contribution >= 0.6 is 39.1 Å². The third-order valence-corrected chi connectivity index (χ3v) is 5.10. The zero-order valence-corrected chi connectivity index (χ0v) is 14.1. The molecule has 0 bridgehead atoms. The first-order valence-electron chi connectivity index (χ1n) is 5.93. The number of halogens is 3. The van der Waals surface area contributed by atoms with Crippen molar-refractivity contribution < 1.29 is 4.74 Å². The zero-order chi connectivity index (χ0) is 13.8. The van der Waals surface area contributed by atoms with Crippen molar-refractivity contribution in [1.29, 1.82) is 0 Å². The summed E-state index contributed by atoms with van der Waals surface area (Å²) in [5.74, 6) is 2.39. The van der Waals surface area contributed by atoms with E-state index in [9.17, 15) is 0 Å². The van der Waals surface area contributed by atoms with Gasteiger partial charge in [0.25, 0.3) is 0 Å². The zero-order valence-electron chi connectivity index (χ0n) is 11.0. The molecule has 0 spiro atoms. The Bertz CT molecular complexity index is 389. The number of ether oxygens (including phenoxy) is 1. The molecule has 0 amide bonds. The van der Waals surface area contributed by atoms with Crippen molar-refractivity contribution >= 4 is 39.1 Å². The Hall–Kier alpha value is 0.0800. The highest BCUT2D eigenvalue weighted by Gasteiger charge is 2.33. The molecule has 0 aromatic heterocycles. The lowest BCUT2D eigenvalue weighted by molar-refractivity contribution is 0.255. The Kier molecular flexibility index (Phi) is 6.29. The fraction of sp³-hybridized carbons (Fsp3) is 0.571. The van der Waals surface area contributed by atoms with Crippen LogP contribution in [0.3, 0.4) is 0 Å². The van der Waals surface area contributed by atoms with E-state index >= 15 is 0 Å². The minimum atomic E-state index is -0.100. The second kappa shape index (κ2) is 7.02. The minimum Gasteiger partial charge on any atom is -0.496 e. The van der Waals surface area contributed by atoms with Crippen molar-refractivity contribution in [2.24, 2.45) is 11.3 Å². The van der Waals surface area contributed by atoms with E-state index in [0.717, 1.165) is 22.2 Å². The first-order valence-corrected chi connectivity index (χ1v) is 7.79. The average Bonchev–Trinajstić information content (AvgIpc) is 2.36. The molecule has 1 aromatic rings. The summed E-state index contributed by atoms with van der Waals surface area (Å²) >= 11 is 15.8. The Balaban J connectivity index is 3.10. The SMILES string of the molecule is COc1ccc(Br)cc1CC(CCl)(CCl)C(C)C. The lowest BCUT2D eigenvalue weighted by Gasteiger charge is -2.34. The second-order valence-corrected chi connectivity index (χ2v) is 6.37. The third kappa shape index (κ3) is 3.55. The predicted octanol–water partition coefficient (Wildman–Crippen LogP) is 5.12. The van der Waals surface area contributed by atoms with Gasteiger partial charge in [-0.25, -0.2) is 0 Å². The fourth-order valence-corrected chi connectivity index (χ4v) is 3.41. The van der Waals surface area contributed by atoms with Gasteiger partial charge in [0.15, 0.2) is 0 Å². The van der Waals surface area contributed by atoms with Crippen LogP contribution in [0.5, 0.6) is 5.75 Å². The summed E-state index contributed by atoms with van der Waals surface area (Å²) in [4.78, 5) is 0. The van der Waals surface area contributed by atoms with Crippen LogP contribution in [-0.2, 0) is 6.42 Å². The van der Waals surface area contributed by atoms with Crippen molar-refractivity contribution in [1.82, 2.24) is 0 Å². The smallest absolute Gasteiger partial charge is 0.122 e. The largest absolute Gasteiger partial charge is 0.496 e. The van der Waals surface area contributed by atoms with Gasteiger partial charge in [0, 0.05) is 21.6 Å². The first-order chi connectivity index (χ1) is 8.49. The van der Waals surface area contributed by atoms with Gasteiger partial charge >= 0.3 is 0 Å². The minimum absolute atomic E-state index is 0.100. The van der Waals surface area contributed by atoms with Gasteiger partial charge in [-0.2, -0.15) is 0 Å². The van der Waals surface area contributed by atoms with Gasteiger partial charge < -0.3 is 4.74 Å². The maximum Gasteiger partial charge on any atom is 0.122 e. The molecule has 1 aromatic carbocycles. The quantitative estimate of drug-likeness (QED) is 0.645. The maximum absolute atomic E-state index is 6.17. The van der Waals surface area contributed by atoms with E-state index in [-0.39, 0.29) is 5.41 Å². The van der Waals surface area contributed by atoms with E-state index in [2.05, 4.69) is 35.8 Å². The lowest BCUT2D eigenvalue weighted by Crippen LogP contribution is -2.34. The average molecular weight is 354 g/mol. The third-order valence-electron chi connectivity index (χ3n) is 3.54. The molecular formula is C14H19BrCl2O. The van der Waals surface area contributed by atoms with Gasteiger partial charge in [0.1, 0.15) is 5.75 Å². The van der Waals surface area contributed by atoms with Gasteiger partial charge in [-0.05, 0) is 36.1 Å². The van der Waals surface area contributed by atoms with Crippen LogP contribution in [0.15, 0.2) is 22.7 Å². The van der Waals surface area contributed by atoms with Crippen LogP contribution in [0.2, 0.25) is 0 Å². The summed E-state index contributed by atoms with van der Waals surface area (Å²) in [5.41, 5.74) is 1.04. The number of alkyl halides is 2. The van der Waals surface area contributed by atoms with Gasteiger partial charge in [-0.1, -0.05) is 29.8 Å². The molecule has 4 heteroatoms. The molecule has 0 heterocycles. The van der Waals surface area contributed by atoms with E-state index in [1.165, 1.54) is 0 Å². The molecule has 1 rings (SSSR count). The number of hydrogen-bond donors (Lipinski definition) is 0. The number of rotatable bonds is 6. The highest BCUT2D eigenvalue weighted by molar-refractivity contribution is 9.10. The molecule has 0 fully saturated rings. The second-order valence-electron chi connectivity index (χ2n) is 4.92. The molecule has 0 aliphatic heterocycles. The summed E-state index contributed by atoms with van der Waals surface area (Å²) < 4.78 is 6.45. The molecule has 18 heavy (non-hydrogen) atoms. The predicted molar refractivity (Wildman–Crippen MR) is 83.1 cm³/mol. The van der Waals surface area contributed by atoms with Crippen molar-refractivity contribution in [2.45, 2.75) is 20.3 Å². The Morgan fingerprint density at radius 2 is 1.89 bits per heavy atom. The van der Waals surface area contributed by atoms with Crippen LogP contribution in [0.25, 0.3) is 0 Å². The van der Waals surface area contributed by atoms with E-state index < -0.39 is 0 Å². The first kappa shape index (κ1) is 16.1. The molecule has 0 saturated heterocycles. The fourth-order valence-electron chi connectivity index (χ4n) is 1.91. The van der Waals surface area contributed by atoms with Gasteiger partial charge in [0.2, 0.25) is 0 Å². The molecule has 0 unspecified atom stereocenters. The van der Waals surface area contributed by atoms with Crippen LogP contribution < -0.4 is 4.74 Å². The number of methoxy groups -OCH3 is 1. The van der Waals surface area contributed by atoms with Crippen molar-refractivity contribution in [3.05, 3.63) is 28.2 Å². The number of hydrogen-bond acceptors (Lipinski definition) is 1. The van der Waals surface area contributed by atoms with Crippen molar-refractivity contribution in [3.8, 4) is 5.75 Å². The normalized spacial score (nSPS) is 11.9. The molecule has 0 aliphatic rings. The van der Waals surface area contributed by atoms with Crippen molar-refractivity contribution in [3.63, 3.8) is 0 Å². The number of benzene rings is 1. The van der Waals surface area contributed by atoms with Crippen molar-refractivity contribution in [2.75, 3.05) is 18.9 Å².